The zero-order valence-electron chi connectivity index (χ0n) is 27.5. The number of aromatic nitrogens is 2. The molecule has 0 aliphatic carbocycles. The zero-order valence-corrected chi connectivity index (χ0v) is 27.5. The zero-order chi connectivity index (χ0) is 37.9. The molecule has 54 heavy (non-hydrogen) atoms. The highest BCUT2D eigenvalue weighted by atomic mass is 19.4. The summed E-state index contributed by atoms with van der Waals surface area (Å²) in [6.07, 6.45) is -4.87. The molecule has 11 heteroatoms. The normalized spacial score (nSPS) is 11.1. The quantitative estimate of drug-likeness (QED) is 0.171. The number of fused-ring (bicyclic) bond motifs is 6. The van der Waals surface area contributed by atoms with Gasteiger partial charge in [-0.15, -0.1) is 0 Å². The SMILES string of the molecule is [C-]#[N+]c1ccc2c3ccc(C#N)cc3n(-c3cc(-c4c([N+]#[C-])cccc4C(F)(F)F)cc(-n4c5cc(C#N)ccc5c5ccc([N+]#[C-])cc54)c3C#N)c2c1. The summed E-state index contributed by atoms with van der Waals surface area (Å²) in [5.74, 6) is 0. The van der Waals surface area contributed by atoms with Crippen molar-refractivity contribution < 1.29 is 13.2 Å². The van der Waals surface area contributed by atoms with E-state index in [0.29, 0.717) is 43.6 Å². The third kappa shape index (κ3) is 4.87. The van der Waals surface area contributed by atoms with Gasteiger partial charge in [0.1, 0.15) is 11.6 Å². The highest BCUT2D eigenvalue weighted by molar-refractivity contribution is 6.12. The van der Waals surface area contributed by atoms with E-state index in [2.05, 4.69) is 32.7 Å². The first-order chi connectivity index (χ1) is 26.1. The third-order valence-corrected chi connectivity index (χ3v) is 9.47. The number of hydrogen-bond donors (Lipinski definition) is 0. The second-order valence-electron chi connectivity index (χ2n) is 12.3. The Bertz CT molecular complexity index is 2920. The highest BCUT2D eigenvalue weighted by Gasteiger charge is 2.35. The average molecular weight is 703 g/mol. The lowest BCUT2D eigenvalue weighted by atomic mass is 9.94. The number of benzene rings is 6. The number of nitriles is 3. The Labute approximate surface area is 304 Å². The summed E-state index contributed by atoms with van der Waals surface area (Å²) in [5.41, 5.74) is 1.31. The Morgan fingerprint density at radius 1 is 0.537 bits per heavy atom. The Balaban J connectivity index is 1.65. The maximum absolute atomic E-state index is 14.8. The number of hydrogen-bond acceptors (Lipinski definition) is 3. The number of alkyl halides is 3. The van der Waals surface area contributed by atoms with E-state index in [-0.39, 0.29) is 50.7 Å². The Morgan fingerprint density at radius 3 is 1.41 bits per heavy atom. The predicted molar refractivity (Wildman–Crippen MR) is 198 cm³/mol. The van der Waals surface area contributed by atoms with Crippen LogP contribution in [0.25, 0.3) is 80.6 Å². The van der Waals surface area contributed by atoms with Crippen LogP contribution >= 0.6 is 0 Å². The van der Waals surface area contributed by atoms with Crippen LogP contribution in [0.3, 0.4) is 0 Å². The lowest BCUT2D eigenvalue weighted by molar-refractivity contribution is -0.137. The molecule has 0 N–H and O–H groups in total. The minimum absolute atomic E-state index is 0.00338. The van der Waals surface area contributed by atoms with Crippen molar-refractivity contribution >= 4 is 60.7 Å². The number of nitrogens with zero attached hydrogens (tertiary/aromatic N) is 8. The van der Waals surface area contributed by atoms with Gasteiger partial charge in [-0.2, -0.15) is 29.0 Å². The molecule has 0 bridgehead atoms. The minimum Gasteiger partial charge on any atom is -0.309 e. The fourth-order valence-corrected chi connectivity index (χ4v) is 7.21. The van der Waals surface area contributed by atoms with Gasteiger partial charge in [-0.05, 0) is 59.7 Å². The van der Waals surface area contributed by atoms with Gasteiger partial charge in [0.05, 0.1) is 71.0 Å². The standard InChI is InChI=1S/C43H17F3N8/c1-50-27-9-13-31-29-11-7-24(21-47)15-36(29)53(40(31)19-27)38-17-26(42-34(43(44,45)46)5-4-6-35(42)52-3)18-39(33(38)23-49)54-37-16-25(22-48)8-12-30(37)32-14-10-28(51-2)20-41(32)54/h4-20H. The smallest absolute Gasteiger partial charge is 0.309 e. The van der Waals surface area contributed by atoms with Gasteiger partial charge in [-0.1, -0.05) is 54.6 Å². The van der Waals surface area contributed by atoms with Crippen molar-refractivity contribution in [3.63, 3.8) is 0 Å². The molecule has 2 aromatic heterocycles. The summed E-state index contributed by atoms with van der Waals surface area (Å²) in [5, 5.41) is 33.6. The molecule has 0 fully saturated rings. The molecule has 250 valence electrons. The summed E-state index contributed by atoms with van der Waals surface area (Å²) in [6, 6.07) is 32.6. The van der Waals surface area contributed by atoms with Crippen LogP contribution in [-0.2, 0) is 6.18 Å². The molecule has 0 aliphatic rings. The molecule has 0 radical (unpaired) electrons. The maximum Gasteiger partial charge on any atom is 0.415 e. The van der Waals surface area contributed by atoms with E-state index < -0.39 is 17.3 Å². The van der Waals surface area contributed by atoms with E-state index in [9.17, 15) is 29.0 Å². The summed E-state index contributed by atoms with van der Waals surface area (Å²) in [7, 11) is 0. The fourth-order valence-electron chi connectivity index (χ4n) is 7.21. The summed E-state index contributed by atoms with van der Waals surface area (Å²) >= 11 is 0. The Kier molecular flexibility index (Phi) is 7.39. The molecule has 0 atom stereocenters. The predicted octanol–water partition coefficient (Wildman–Crippen LogP) is 11.8. The lowest BCUT2D eigenvalue weighted by Crippen LogP contribution is -2.09. The molecular weight excluding hydrogens is 686 g/mol. The second-order valence-corrected chi connectivity index (χ2v) is 12.3. The van der Waals surface area contributed by atoms with Crippen LogP contribution in [0.2, 0.25) is 0 Å². The van der Waals surface area contributed by atoms with Crippen molar-refractivity contribution in [2.45, 2.75) is 6.18 Å². The first-order valence-electron chi connectivity index (χ1n) is 16.0. The first kappa shape index (κ1) is 32.8. The van der Waals surface area contributed by atoms with Crippen LogP contribution in [0.1, 0.15) is 22.3 Å². The first-order valence-corrected chi connectivity index (χ1v) is 16.0. The van der Waals surface area contributed by atoms with E-state index in [1.54, 1.807) is 81.9 Å². The average Bonchev–Trinajstić information content (AvgIpc) is 3.69. The molecule has 0 aliphatic heterocycles. The lowest BCUT2D eigenvalue weighted by Gasteiger charge is -2.21. The van der Waals surface area contributed by atoms with Crippen LogP contribution in [0.5, 0.6) is 0 Å². The van der Waals surface area contributed by atoms with E-state index in [1.807, 2.05) is 0 Å². The van der Waals surface area contributed by atoms with Gasteiger partial charge in [0.15, 0.2) is 17.1 Å². The van der Waals surface area contributed by atoms with Crippen LogP contribution in [0.4, 0.5) is 30.2 Å². The maximum atomic E-state index is 14.8. The van der Waals surface area contributed by atoms with Crippen molar-refractivity contribution in [2.24, 2.45) is 0 Å². The van der Waals surface area contributed by atoms with Gasteiger partial charge in [-0.25, -0.2) is 14.5 Å². The van der Waals surface area contributed by atoms with E-state index in [1.165, 1.54) is 18.2 Å². The molecule has 0 saturated carbocycles. The van der Waals surface area contributed by atoms with E-state index in [0.717, 1.165) is 12.1 Å². The van der Waals surface area contributed by atoms with Crippen molar-refractivity contribution in [1.29, 1.82) is 15.8 Å². The summed E-state index contributed by atoms with van der Waals surface area (Å²) in [6.45, 7) is 23.3. The van der Waals surface area contributed by atoms with Gasteiger partial charge in [0, 0.05) is 32.6 Å². The van der Waals surface area contributed by atoms with E-state index >= 15 is 0 Å². The second kappa shape index (κ2) is 12.2. The molecule has 8 rings (SSSR count). The van der Waals surface area contributed by atoms with Crippen molar-refractivity contribution in [3.8, 4) is 40.7 Å². The monoisotopic (exact) mass is 702 g/mol. The van der Waals surface area contributed by atoms with Crippen molar-refractivity contribution in [1.82, 2.24) is 9.13 Å². The van der Waals surface area contributed by atoms with Crippen molar-refractivity contribution in [3.05, 3.63) is 160 Å². The van der Waals surface area contributed by atoms with Crippen molar-refractivity contribution in [2.75, 3.05) is 0 Å². The van der Waals surface area contributed by atoms with Crippen LogP contribution < -0.4 is 0 Å². The molecule has 0 saturated heterocycles. The molecule has 8 nitrogen and oxygen atoms in total. The van der Waals surface area contributed by atoms with Gasteiger partial charge in [0.2, 0.25) is 0 Å². The van der Waals surface area contributed by atoms with E-state index in [4.69, 9.17) is 19.7 Å². The van der Waals surface area contributed by atoms with Crippen LogP contribution in [-0.4, -0.2) is 9.13 Å². The largest absolute Gasteiger partial charge is 0.415 e. The highest BCUT2D eigenvalue weighted by Crippen LogP contribution is 2.46. The molecular formula is C43H17F3N8. The molecule has 6 aromatic carbocycles. The Morgan fingerprint density at radius 2 is 1.00 bits per heavy atom. The van der Waals surface area contributed by atoms with Gasteiger partial charge < -0.3 is 9.13 Å². The molecule has 8 aromatic rings. The Hall–Kier alpha value is -8.35. The number of rotatable bonds is 3. The number of halogens is 3. The van der Waals surface area contributed by atoms with Gasteiger partial charge in [0.25, 0.3) is 0 Å². The summed E-state index contributed by atoms with van der Waals surface area (Å²) < 4.78 is 47.8. The van der Waals surface area contributed by atoms with Gasteiger partial charge in [-0.3, -0.25) is 0 Å². The molecule has 0 amide bonds. The minimum atomic E-state index is -4.87. The molecule has 0 unspecified atom stereocenters. The molecule has 0 spiro atoms. The summed E-state index contributed by atoms with van der Waals surface area (Å²) in [4.78, 5) is 10.7. The van der Waals surface area contributed by atoms with Gasteiger partial charge >= 0.3 is 6.18 Å². The molecule has 2 heterocycles. The third-order valence-electron chi connectivity index (χ3n) is 9.47. The topological polar surface area (TPSA) is 94.3 Å². The van der Waals surface area contributed by atoms with Crippen LogP contribution in [0, 0.1) is 53.7 Å². The fraction of sp³-hybridized carbons (Fsp3) is 0.0233. The van der Waals surface area contributed by atoms with Crippen LogP contribution in [0.15, 0.2) is 103 Å².